The van der Waals surface area contributed by atoms with Crippen LogP contribution in [0.5, 0.6) is 0 Å². The minimum absolute atomic E-state index is 0.142. The van der Waals surface area contributed by atoms with Crippen molar-refractivity contribution < 1.29 is 9.15 Å². The molecule has 0 saturated carbocycles. The van der Waals surface area contributed by atoms with Gasteiger partial charge in [-0.3, -0.25) is 0 Å². The van der Waals surface area contributed by atoms with Gasteiger partial charge in [0.25, 0.3) is 0 Å². The predicted molar refractivity (Wildman–Crippen MR) is 69.9 cm³/mol. The molecule has 5 nitrogen and oxygen atoms in total. The zero-order chi connectivity index (χ0) is 13.2. The van der Waals surface area contributed by atoms with E-state index in [0.29, 0.717) is 16.6 Å². The van der Waals surface area contributed by atoms with Gasteiger partial charge in [-0.1, -0.05) is 23.4 Å². The van der Waals surface area contributed by atoms with Crippen molar-refractivity contribution in [1.29, 1.82) is 5.26 Å². The highest BCUT2D eigenvalue weighted by molar-refractivity contribution is 7.99. The Morgan fingerprint density at radius 3 is 3.00 bits per heavy atom. The van der Waals surface area contributed by atoms with Gasteiger partial charge in [0.05, 0.1) is 19.0 Å². The van der Waals surface area contributed by atoms with E-state index >= 15 is 0 Å². The van der Waals surface area contributed by atoms with E-state index in [0.717, 1.165) is 12.4 Å². The van der Waals surface area contributed by atoms with Gasteiger partial charge in [0.1, 0.15) is 17.3 Å². The van der Waals surface area contributed by atoms with E-state index in [1.54, 1.807) is 12.1 Å². The number of halogens is 1. The summed E-state index contributed by atoms with van der Waals surface area (Å²) in [4.78, 5) is 8.45. The van der Waals surface area contributed by atoms with E-state index in [-0.39, 0.29) is 16.8 Å². The standard InChI is InChI=1S/C12H8ClN3O2S/c13-11-8(4-14)10(9-2-1-3-17-9)15-12(16-11)19-6-7-5-18-7/h1-3,7H,5-6H2. The van der Waals surface area contributed by atoms with E-state index in [1.165, 1.54) is 18.0 Å². The molecule has 2 aromatic rings. The maximum atomic E-state index is 9.13. The lowest BCUT2D eigenvalue weighted by atomic mass is 10.2. The zero-order valence-electron chi connectivity index (χ0n) is 9.67. The zero-order valence-corrected chi connectivity index (χ0v) is 11.2. The molecule has 0 aromatic carbocycles. The minimum Gasteiger partial charge on any atom is -0.463 e. The number of nitrogens with zero attached hydrogens (tertiary/aromatic N) is 3. The van der Waals surface area contributed by atoms with E-state index < -0.39 is 0 Å². The van der Waals surface area contributed by atoms with Gasteiger partial charge in [-0.15, -0.1) is 0 Å². The summed E-state index contributed by atoms with van der Waals surface area (Å²) >= 11 is 7.48. The van der Waals surface area contributed by atoms with Gasteiger partial charge >= 0.3 is 0 Å². The first-order valence-electron chi connectivity index (χ1n) is 5.54. The summed E-state index contributed by atoms with van der Waals surface area (Å²) in [5.41, 5.74) is 0.648. The van der Waals surface area contributed by atoms with Crippen molar-refractivity contribution in [2.24, 2.45) is 0 Å². The summed E-state index contributed by atoms with van der Waals surface area (Å²) in [6, 6.07) is 5.47. The van der Waals surface area contributed by atoms with E-state index in [1.807, 2.05) is 6.07 Å². The third kappa shape index (κ3) is 2.73. The van der Waals surface area contributed by atoms with E-state index in [2.05, 4.69) is 9.97 Å². The third-order valence-electron chi connectivity index (χ3n) is 2.51. The number of nitriles is 1. The highest BCUT2D eigenvalue weighted by atomic mass is 35.5. The fourth-order valence-corrected chi connectivity index (χ4v) is 2.60. The van der Waals surface area contributed by atoms with Gasteiger partial charge in [-0.05, 0) is 12.1 Å². The summed E-state index contributed by atoms with van der Waals surface area (Å²) < 4.78 is 10.4. The highest BCUT2D eigenvalue weighted by Crippen LogP contribution is 2.30. The van der Waals surface area contributed by atoms with Crippen LogP contribution in [-0.2, 0) is 4.74 Å². The van der Waals surface area contributed by atoms with Gasteiger partial charge in [0, 0.05) is 5.75 Å². The van der Waals surface area contributed by atoms with Crippen molar-refractivity contribution in [3.63, 3.8) is 0 Å². The number of thioether (sulfide) groups is 1. The van der Waals surface area contributed by atoms with Gasteiger partial charge in [-0.2, -0.15) is 5.26 Å². The minimum atomic E-state index is 0.142. The monoisotopic (exact) mass is 293 g/mol. The molecule has 1 atom stereocenters. The van der Waals surface area contributed by atoms with Crippen LogP contribution in [0.3, 0.4) is 0 Å². The molecule has 0 spiro atoms. The Hall–Kier alpha value is -1.55. The number of aromatic nitrogens is 2. The molecule has 0 aliphatic carbocycles. The molecule has 2 aromatic heterocycles. The Labute approximate surface area is 118 Å². The summed E-state index contributed by atoms with van der Waals surface area (Å²) in [5, 5.41) is 9.80. The first-order chi connectivity index (χ1) is 9.28. The van der Waals surface area contributed by atoms with Crippen LogP contribution in [0.4, 0.5) is 0 Å². The van der Waals surface area contributed by atoms with Crippen molar-refractivity contribution >= 4 is 23.4 Å². The Kier molecular flexibility index (Phi) is 3.42. The summed E-state index contributed by atoms with van der Waals surface area (Å²) in [6.07, 6.45) is 1.80. The van der Waals surface area contributed by atoms with Crippen molar-refractivity contribution in [2.75, 3.05) is 12.4 Å². The average Bonchev–Trinajstić information content (AvgIpc) is 3.08. The number of ether oxygens (including phenoxy) is 1. The number of rotatable bonds is 4. The highest BCUT2D eigenvalue weighted by Gasteiger charge is 2.24. The van der Waals surface area contributed by atoms with Crippen LogP contribution in [0.15, 0.2) is 28.0 Å². The predicted octanol–water partition coefficient (Wildman–Crippen LogP) is 2.75. The van der Waals surface area contributed by atoms with Crippen LogP contribution in [0, 0.1) is 11.3 Å². The van der Waals surface area contributed by atoms with Crippen molar-refractivity contribution in [3.05, 3.63) is 29.1 Å². The quantitative estimate of drug-likeness (QED) is 0.373. The lowest BCUT2D eigenvalue weighted by molar-refractivity contribution is 0.426. The first kappa shape index (κ1) is 12.5. The second-order valence-corrected chi connectivity index (χ2v) is 5.22. The SMILES string of the molecule is N#Cc1c(Cl)nc(SCC2CO2)nc1-c1ccco1. The molecule has 0 N–H and O–H groups in total. The van der Waals surface area contributed by atoms with Gasteiger partial charge in [0.2, 0.25) is 0 Å². The number of furan rings is 1. The van der Waals surface area contributed by atoms with Crippen molar-refractivity contribution in [2.45, 2.75) is 11.3 Å². The van der Waals surface area contributed by atoms with E-state index in [4.69, 9.17) is 26.0 Å². The van der Waals surface area contributed by atoms with Crippen molar-refractivity contribution in [3.8, 4) is 17.5 Å². The topological polar surface area (TPSA) is 75.2 Å². The summed E-state index contributed by atoms with van der Waals surface area (Å²) in [6.45, 7) is 0.780. The summed E-state index contributed by atoms with van der Waals surface area (Å²) in [7, 11) is 0. The molecule has 1 fully saturated rings. The number of hydrogen-bond acceptors (Lipinski definition) is 6. The lowest BCUT2D eigenvalue weighted by Crippen LogP contribution is -1.98. The molecule has 1 saturated heterocycles. The third-order valence-corrected chi connectivity index (χ3v) is 3.76. The molecule has 3 rings (SSSR count). The average molecular weight is 294 g/mol. The Bertz CT molecular complexity index is 635. The maximum Gasteiger partial charge on any atom is 0.189 e. The van der Waals surface area contributed by atoms with Gasteiger partial charge in [-0.25, -0.2) is 9.97 Å². The Morgan fingerprint density at radius 2 is 2.37 bits per heavy atom. The van der Waals surface area contributed by atoms with E-state index in [9.17, 15) is 0 Å². The molecule has 7 heteroatoms. The smallest absolute Gasteiger partial charge is 0.189 e. The number of hydrogen-bond donors (Lipinski definition) is 0. The van der Waals surface area contributed by atoms with Gasteiger partial charge in [0.15, 0.2) is 16.1 Å². The molecule has 0 amide bonds. The van der Waals surface area contributed by atoms with Gasteiger partial charge < -0.3 is 9.15 Å². The largest absolute Gasteiger partial charge is 0.463 e. The van der Waals surface area contributed by atoms with Crippen LogP contribution in [0.1, 0.15) is 5.56 Å². The normalized spacial score (nSPS) is 17.2. The lowest BCUT2D eigenvalue weighted by Gasteiger charge is -2.05. The first-order valence-corrected chi connectivity index (χ1v) is 6.90. The molecule has 19 heavy (non-hydrogen) atoms. The van der Waals surface area contributed by atoms with Crippen LogP contribution in [0.25, 0.3) is 11.5 Å². The maximum absolute atomic E-state index is 9.13. The van der Waals surface area contributed by atoms with Crippen LogP contribution < -0.4 is 0 Å². The molecular weight excluding hydrogens is 286 g/mol. The van der Waals surface area contributed by atoms with Crippen LogP contribution in [0.2, 0.25) is 5.15 Å². The van der Waals surface area contributed by atoms with Crippen molar-refractivity contribution in [1.82, 2.24) is 9.97 Å². The second kappa shape index (κ2) is 5.21. The van der Waals surface area contributed by atoms with Crippen LogP contribution >= 0.6 is 23.4 Å². The molecule has 0 bridgehead atoms. The molecule has 1 aliphatic rings. The molecule has 3 heterocycles. The molecule has 0 radical (unpaired) electrons. The molecular formula is C12H8ClN3O2S. The number of epoxide rings is 1. The fourth-order valence-electron chi connectivity index (χ4n) is 1.50. The molecule has 1 unspecified atom stereocenters. The van der Waals surface area contributed by atoms with Crippen LogP contribution in [-0.4, -0.2) is 28.4 Å². The molecule has 96 valence electrons. The Balaban J connectivity index is 1.97. The summed E-state index contributed by atoms with van der Waals surface area (Å²) in [5.74, 6) is 1.28. The second-order valence-electron chi connectivity index (χ2n) is 3.88. The molecule has 1 aliphatic heterocycles. The Morgan fingerprint density at radius 1 is 1.53 bits per heavy atom. The fraction of sp³-hybridized carbons (Fsp3) is 0.250.